The third-order valence-electron chi connectivity index (χ3n) is 3.59. The van der Waals surface area contributed by atoms with E-state index in [-0.39, 0.29) is 6.04 Å². The normalized spacial score (nSPS) is 12.5. The number of hydrogen-bond acceptors (Lipinski definition) is 2. The first-order valence-electron chi connectivity index (χ1n) is 6.33. The van der Waals surface area contributed by atoms with Crippen LogP contribution in [-0.2, 0) is 0 Å². The smallest absolute Gasteiger partial charge is 0.0727 e. The van der Waals surface area contributed by atoms with Crippen LogP contribution in [0.15, 0.2) is 36.4 Å². The molecule has 0 radical (unpaired) electrons. The molecule has 0 aliphatic rings. The average molecular weight is 275 g/mol. The first kappa shape index (κ1) is 14.1. The molecular formula is C16H19ClN2. The maximum absolute atomic E-state index is 6.35. The maximum atomic E-state index is 6.35. The Labute approximate surface area is 119 Å². The standard InChI is InChI=1S/C16H19ClN2/c1-10-7-8-14(15(17)9-10)16(19-18)13-6-4-5-11(2)12(13)3/h4-9,16,19H,18H2,1-3H3. The van der Waals surface area contributed by atoms with Crippen molar-refractivity contribution in [3.8, 4) is 0 Å². The molecule has 100 valence electrons. The van der Waals surface area contributed by atoms with Crippen molar-refractivity contribution >= 4 is 11.6 Å². The lowest BCUT2D eigenvalue weighted by Gasteiger charge is -2.21. The van der Waals surface area contributed by atoms with Gasteiger partial charge in [-0.2, -0.15) is 0 Å². The topological polar surface area (TPSA) is 38.0 Å². The van der Waals surface area contributed by atoms with E-state index in [2.05, 4.69) is 37.5 Å². The summed E-state index contributed by atoms with van der Waals surface area (Å²) < 4.78 is 0. The number of rotatable bonds is 3. The van der Waals surface area contributed by atoms with Crippen LogP contribution in [-0.4, -0.2) is 0 Å². The Morgan fingerprint density at radius 3 is 2.42 bits per heavy atom. The molecule has 2 aromatic carbocycles. The fourth-order valence-electron chi connectivity index (χ4n) is 2.30. The summed E-state index contributed by atoms with van der Waals surface area (Å²) in [6, 6.07) is 12.2. The molecule has 0 aliphatic heterocycles. The van der Waals surface area contributed by atoms with E-state index in [1.807, 2.05) is 25.1 Å². The quantitative estimate of drug-likeness (QED) is 0.660. The largest absolute Gasteiger partial charge is 0.271 e. The lowest BCUT2D eigenvalue weighted by molar-refractivity contribution is 0.633. The lowest BCUT2D eigenvalue weighted by Crippen LogP contribution is -2.29. The summed E-state index contributed by atoms with van der Waals surface area (Å²) in [5.74, 6) is 5.75. The fraction of sp³-hybridized carbons (Fsp3) is 0.250. The molecule has 0 spiro atoms. The Hall–Kier alpha value is -1.35. The van der Waals surface area contributed by atoms with Gasteiger partial charge in [0, 0.05) is 5.02 Å². The highest BCUT2D eigenvalue weighted by Gasteiger charge is 2.17. The maximum Gasteiger partial charge on any atom is 0.0727 e. The SMILES string of the molecule is Cc1ccc(C(NN)c2cccc(C)c2C)c(Cl)c1. The number of hydrazine groups is 1. The molecule has 19 heavy (non-hydrogen) atoms. The molecule has 0 bridgehead atoms. The van der Waals surface area contributed by atoms with Gasteiger partial charge in [0.25, 0.3) is 0 Å². The van der Waals surface area contributed by atoms with Crippen LogP contribution >= 0.6 is 11.6 Å². The minimum atomic E-state index is -0.0898. The first-order chi connectivity index (χ1) is 9.04. The van der Waals surface area contributed by atoms with Crippen LogP contribution in [0.2, 0.25) is 5.02 Å². The van der Waals surface area contributed by atoms with E-state index >= 15 is 0 Å². The number of aryl methyl sites for hydroxylation is 2. The number of nitrogens with two attached hydrogens (primary N) is 1. The van der Waals surface area contributed by atoms with Crippen molar-refractivity contribution in [1.29, 1.82) is 0 Å². The molecule has 0 saturated carbocycles. The molecule has 0 fully saturated rings. The van der Waals surface area contributed by atoms with Gasteiger partial charge in [-0.3, -0.25) is 5.84 Å². The molecule has 0 saturated heterocycles. The minimum absolute atomic E-state index is 0.0898. The van der Waals surface area contributed by atoms with Gasteiger partial charge in [0.2, 0.25) is 0 Å². The molecule has 0 heterocycles. The van der Waals surface area contributed by atoms with E-state index in [0.717, 1.165) is 21.7 Å². The summed E-state index contributed by atoms with van der Waals surface area (Å²) in [6.07, 6.45) is 0. The molecule has 3 heteroatoms. The monoisotopic (exact) mass is 274 g/mol. The Kier molecular flexibility index (Phi) is 4.25. The van der Waals surface area contributed by atoms with Crippen LogP contribution in [0.3, 0.4) is 0 Å². The molecule has 1 unspecified atom stereocenters. The second-order valence-electron chi connectivity index (χ2n) is 4.91. The Bertz CT molecular complexity index is 593. The molecule has 2 rings (SSSR count). The molecule has 2 aromatic rings. The Morgan fingerprint density at radius 2 is 1.79 bits per heavy atom. The zero-order valence-electron chi connectivity index (χ0n) is 11.5. The lowest BCUT2D eigenvalue weighted by atomic mass is 9.92. The Morgan fingerprint density at radius 1 is 1.05 bits per heavy atom. The van der Waals surface area contributed by atoms with Crippen LogP contribution in [0.5, 0.6) is 0 Å². The molecule has 0 amide bonds. The van der Waals surface area contributed by atoms with Crippen molar-refractivity contribution in [3.63, 3.8) is 0 Å². The van der Waals surface area contributed by atoms with E-state index in [1.54, 1.807) is 0 Å². The third-order valence-corrected chi connectivity index (χ3v) is 3.92. The second-order valence-corrected chi connectivity index (χ2v) is 5.32. The van der Waals surface area contributed by atoms with Gasteiger partial charge in [0.1, 0.15) is 0 Å². The fourth-order valence-corrected chi connectivity index (χ4v) is 2.64. The van der Waals surface area contributed by atoms with Gasteiger partial charge < -0.3 is 0 Å². The predicted octanol–water partition coefficient (Wildman–Crippen LogP) is 3.82. The van der Waals surface area contributed by atoms with Gasteiger partial charge in [-0.15, -0.1) is 0 Å². The highest BCUT2D eigenvalue weighted by molar-refractivity contribution is 6.31. The van der Waals surface area contributed by atoms with Crippen molar-refractivity contribution in [2.24, 2.45) is 5.84 Å². The molecule has 3 N–H and O–H groups in total. The summed E-state index contributed by atoms with van der Waals surface area (Å²) in [5.41, 5.74) is 8.68. The van der Waals surface area contributed by atoms with Crippen molar-refractivity contribution in [2.75, 3.05) is 0 Å². The molecule has 0 aromatic heterocycles. The van der Waals surface area contributed by atoms with E-state index in [0.29, 0.717) is 0 Å². The van der Waals surface area contributed by atoms with E-state index < -0.39 is 0 Å². The van der Waals surface area contributed by atoms with Crippen molar-refractivity contribution < 1.29 is 0 Å². The first-order valence-corrected chi connectivity index (χ1v) is 6.70. The van der Waals surface area contributed by atoms with Gasteiger partial charge in [0.15, 0.2) is 0 Å². The summed E-state index contributed by atoms with van der Waals surface area (Å²) in [4.78, 5) is 0. The highest BCUT2D eigenvalue weighted by Crippen LogP contribution is 2.31. The Balaban J connectivity index is 2.53. The number of hydrogen-bond donors (Lipinski definition) is 2. The highest BCUT2D eigenvalue weighted by atomic mass is 35.5. The molecule has 1 atom stereocenters. The van der Waals surface area contributed by atoms with Crippen LogP contribution in [0.25, 0.3) is 0 Å². The van der Waals surface area contributed by atoms with Crippen LogP contribution < -0.4 is 11.3 Å². The molecular weight excluding hydrogens is 256 g/mol. The molecule has 0 aliphatic carbocycles. The van der Waals surface area contributed by atoms with Gasteiger partial charge in [0.05, 0.1) is 6.04 Å². The zero-order valence-corrected chi connectivity index (χ0v) is 12.3. The number of benzene rings is 2. The predicted molar refractivity (Wildman–Crippen MR) is 81.3 cm³/mol. The minimum Gasteiger partial charge on any atom is -0.271 e. The summed E-state index contributed by atoms with van der Waals surface area (Å²) in [5, 5.41) is 0.740. The van der Waals surface area contributed by atoms with E-state index in [9.17, 15) is 0 Å². The van der Waals surface area contributed by atoms with Crippen LogP contribution in [0, 0.1) is 20.8 Å². The van der Waals surface area contributed by atoms with Crippen LogP contribution in [0.4, 0.5) is 0 Å². The van der Waals surface area contributed by atoms with Gasteiger partial charge in [-0.05, 0) is 54.7 Å². The van der Waals surface area contributed by atoms with Crippen LogP contribution in [0.1, 0.15) is 33.9 Å². The zero-order chi connectivity index (χ0) is 14.0. The van der Waals surface area contributed by atoms with E-state index in [4.69, 9.17) is 17.4 Å². The van der Waals surface area contributed by atoms with Crippen molar-refractivity contribution in [1.82, 2.24) is 5.43 Å². The molecule has 2 nitrogen and oxygen atoms in total. The summed E-state index contributed by atoms with van der Waals surface area (Å²) >= 11 is 6.35. The number of nitrogens with one attached hydrogen (secondary N) is 1. The summed E-state index contributed by atoms with van der Waals surface area (Å²) in [7, 11) is 0. The number of halogens is 1. The summed E-state index contributed by atoms with van der Waals surface area (Å²) in [6.45, 7) is 6.23. The average Bonchev–Trinajstić information content (AvgIpc) is 2.37. The third kappa shape index (κ3) is 2.81. The van der Waals surface area contributed by atoms with Gasteiger partial charge in [-0.1, -0.05) is 41.9 Å². The second kappa shape index (κ2) is 5.74. The van der Waals surface area contributed by atoms with Gasteiger partial charge in [-0.25, -0.2) is 5.43 Å². The van der Waals surface area contributed by atoms with Crippen molar-refractivity contribution in [3.05, 3.63) is 69.2 Å². The van der Waals surface area contributed by atoms with Gasteiger partial charge >= 0.3 is 0 Å². The van der Waals surface area contributed by atoms with E-state index in [1.165, 1.54) is 11.1 Å². The van der Waals surface area contributed by atoms with Crippen molar-refractivity contribution in [2.45, 2.75) is 26.8 Å².